The van der Waals surface area contributed by atoms with Crippen molar-refractivity contribution in [3.8, 4) is 17.2 Å². The predicted molar refractivity (Wildman–Crippen MR) is 98.4 cm³/mol. The van der Waals surface area contributed by atoms with Crippen molar-refractivity contribution < 1.29 is 18.0 Å². The standard InChI is InChI=1S/C20H15F3N6O/c21-20(22,23)7-17-16(2-1-5-25-17)13-3-4-14-9-28(10-15(14)6-13)19(30)11-29-12-26-18(8-24)27-29/h1-6,12H,7,9-11H2. The molecular weight excluding hydrogens is 397 g/mol. The SMILES string of the molecule is N#Cc1ncn(CC(=O)N2Cc3ccc(-c4cccnc4CC(F)(F)F)cc3C2)n1. The van der Waals surface area contributed by atoms with Gasteiger partial charge in [-0.25, -0.2) is 9.67 Å². The summed E-state index contributed by atoms with van der Waals surface area (Å²) in [7, 11) is 0. The summed E-state index contributed by atoms with van der Waals surface area (Å²) < 4.78 is 40.0. The minimum atomic E-state index is -4.35. The lowest BCUT2D eigenvalue weighted by Gasteiger charge is -2.14. The van der Waals surface area contributed by atoms with E-state index in [4.69, 9.17) is 5.26 Å². The summed E-state index contributed by atoms with van der Waals surface area (Å²) in [5.41, 5.74) is 2.83. The molecule has 0 unspecified atom stereocenters. The maximum atomic E-state index is 12.9. The fraction of sp³-hybridized carbons (Fsp3) is 0.250. The summed E-state index contributed by atoms with van der Waals surface area (Å²) in [6.45, 7) is 0.696. The molecule has 0 fully saturated rings. The van der Waals surface area contributed by atoms with Crippen LogP contribution in [0.15, 0.2) is 42.9 Å². The van der Waals surface area contributed by atoms with Crippen molar-refractivity contribution in [3.63, 3.8) is 0 Å². The average Bonchev–Trinajstić information content (AvgIpc) is 3.33. The Labute approximate surface area is 169 Å². The number of carbonyl (C=O) groups excluding carboxylic acids is 1. The van der Waals surface area contributed by atoms with Gasteiger partial charge in [0.15, 0.2) is 0 Å². The minimum Gasteiger partial charge on any atom is -0.332 e. The molecule has 10 heteroatoms. The van der Waals surface area contributed by atoms with Crippen LogP contribution in [0.4, 0.5) is 13.2 Å². The number of benzene rings is 1. The molecule has 0 bridgehead atoms. The fourth-order valence-electron chi connectivity index (χ4n) is 3.43. The zero-order valence-corrected chi connectivity index (χ0v) is 15.6. The molecule has 2 aromatic heterocycles. The van der Waals surface area contributed by atoms with Gasteiger partial charge in [0.05, 0.1) is 12.1 Å². The lowest BCUT2D eigenvalue weighted by atomic mass is 9.98. The van der Waals surface area contributed by atoms with Gasteiger partial charge in [0.2, 0.25) is 5.91 Å². The largest absolute Gasteiger partial charge is 0.394 e. The highest BCUT2D eigenvalue weighted by Gasteiger charge is 2.30. The number of nitrogens with zero attached hydrogens (tertiary/aromatic N) is 6. The molecule has 1 aromatic carbocycles. The van der Waals surface area contributed by atoms with E-state index in [1.807, 2.05) is 12.1 Å². The topological polar surface area (TPSA) is 87.7 Å². The van der Waals surface area contributed by atoms with Crippen molar-refractivity contribution in [3.05, 3.63) is 65.5 Å². The first kappa shape index (κ1) is 19.6. The molecule has 0 aliphatic carbocycles. The number of fused-ring (bicyclic) bond motifs is 1. The van der Waals surface area contributed by atoms with Gasteiger partial charge >= 0.3 is 6.18 Å². The number of hydrogen-bond donors (Lipinski definition) is 0. The van der Waals surface area contributed by atoms with Crippen LogP contribution in [0.3, 0.4) is 0 Å². The summed E-state index contributed by atoms with van der Waals surface area (Å²) in [5.74, 6) is -0.204. The third-order valence-electron chi connectivity index (χ3n) is 4.78. The number of carbonyl (C=O) groups is 1. The first-order valence-corrected chi connectivity index (χ1v) is 9.02. The number of aromatic nitrogens is 4. The van der Waals surface area contributed by atoms with E-state index >= 15 is 0 Å². The lowest BCUT2D eigenvalue weighted by molar-refractivity contribution is -0.132. The van der Waals surface area contributed by atoms with E-state index in [0.29, 0.717) is 24.2 Å². The highest BCUT2D eigenvalue weighted by atomic mass is 19.4. The molecule has 30 heavy (non-hydrogen) atoms. The molecule has 0 saturated carbocycles. The van der Waals surface area contributed by atoms with E-state index < -0.39 is 12.6 Å². The molecule has 7 nitrogen and oxygen atoms in total. The van der Waals surface area contributed by atoms with Crippen LogP contribution in [0, 0.1) is 11.3 Å². The second-order valence-electron chi connectivity index (χ2n) is 6.90. The van der Waals surface area contributed by atoms with Crippen LogP contribution in [0.1, 0.15) is 22.6 Å². The zero-order chi connectivity index (χ0) is 21.3. The van der Waals surface area contributed by atoms with Gasteiger partial charge in [-0.1, -0.05) is 18.2 Å². The fourth-order valence-corrected chi connectivity index (χ4v) is 3.43. The Morgan fingerprint density at radius 3 is 2.70 bits per heavy atom. The molecular formula is C20H15F3N6O. The summed E-state index contributed by atoms with van der Waals surface area (Å²) >= 11 is 0. The van der Waals surface area contributed by atoms with Gasteiger partial charge in [-0.15, -0.1) is 5.10 Å². The maximum absolute atomic E-state index is 12.9. The van der Waals surface area contributed by atoms with Crippen LogP contribution in [-0.2, 0) is 30.8 Å². The third kappa shape index (κ3) is 4.15. The van der Waals surface area contributed by atoms with E-state index in [-0.39, 0.29) is 24.0 Å². The van der Waals surface area contributed by atoms with Crippen LogP contribution in [0.2, 0.25) is 0 Å². The van der Waals surface area contributed by atoms with E-state index in [0.717, 1.165) is 11.1 Å². The van der Waals surface area contributed by atoms with Gasteiger partial charge in [0.25, 0.3) is 5.82 Å². The number of halogens is 3. The Hall–Kier alpha value is -3.74. The molecule has 4 rings (SSSR count). The molecule has 152 valence electrons. The number of rotatable bonds is 4. The molecule has 0 spiro atoms. The average molecular weight is 412 g/mol. The van der Waals surface area contributed by atoms with Crippen molar-refractivity contribution >= 4 is 5.91 Å². The van der Waals surface area contributed by atoms with Crippen LogP contribution >= 0.6 is 0 Å². The predicted octanol–water partition coefficient (Wildman–Crippen LogP) is 2.86. The quantitative estimate of drug-likeness (QED) is 0.658. The van der Waals surface area contributed by atoms with Gasteiger partial charge in [0.1, 0.15) is 18.9 Å². The van der Waals surface area contributed by atoms with Gasteiger partial charge in [0, 0.05) is 24.8 Å². The number of hydrogen-bond acceptors (Lipinski definition) is 5. The number of nitriles is 1. The Balaban J connectivity index is 1.52. The Kier molecular flexibility index (Phi) is 4.95. The molecule has 1 amide bonds. The van der Waals surface area contributed by atoms with E-state index in [9.17, 15) is 18.0 Å². The third-order valence-corrected chi connectivity index (χ3v) is 4.78. The van der Waals surface area contributed by atoms with Crippen molar-refractivity contribution in [1.29, 1.82) is 5.26 Å². The van der Waals surface area contributed by atoms with Crippen LogP contribution in [0.5, 0.6) is 0 Å². The van der Waals surface area contributed by atoms with Gasteiger partial charge < -0.3 is 4.90 Å². The smallest absolute Gasteiger partial charge is 0.332 e. The maximum Gasteiger partial charge on any atom is 0.394 e. The summed E-state index contributed by atoms with van der Waals surface area (Å²) in [4.78, 5) is 21.9. The van der Waals surface area contributed by atoms with Gasteiger partial charge in [-0.05, 0) is 28.8 Å². The highest BCUT2D eigenvalue weighted by Crippen LogP contribution is 2.32. The zero-order valence-electron chi connectivity index (χ0n) is 15.6. The molecule has 0 saturated heterocycles. The van der Waals surface area contributed by atoms with Gasteiger partial charge in [-0.3, -0.25) is 9.78 Å². The molecule has 0 atom stereocenters. The molecule has 0 N–H and O–H groups in total. The second kappa shape index (κ2) is 7.59. The van der Waals surface area contributed by atoms with Crippen LogP contribution in [-0.4, -0.2) is 36.7 Å². The first-order chi connectivity index (χ1) is 14.3. The number of alkyl halides is 3. The van der Waals surface area contributed by atoms with Crippen LogP contribution < -0.4 is 0 Å². The molecule has 0 radical (unpaired) electrons. The number of amides is 1. The highest BCUT2D eigenvalue weighted by molar-refractivity contribution is 5.77. The summed E-state index contributed by atoms with van der Waals surface area (Å²) in [5, 5.41) is 12.6. The minimum absolute atomic E-state index is 0.0109. The van der Waals surface area contributed by atoms with E-state index in [2.05, 4.69) is 15.1 Å². The van der Waals surface area contributed by atoms with Crippen molar-refractivity contribution in [1.82, 2.24) is 24.6 Å². The molecule has 1 aliphatic heterocycles. The number of pyridine rings is 1. The summed E-state index contributed by atoms with van der Waals surface area (Å²) in [6, 6.07) is 10.4. The van der Waals surface area contributed by atoms with Crippen molar-refractivity contribution in [2.24, 2.45) is 0 Å². The van der Waals surface area contributed by atoms with Crippen molar-refractivity contribution in [2.45, 2.75) is 32.2 Å². The molecule has 3 heterocycles. The Morgan fingerprint density at radius 2 is 1.97 bits per heavy atom. The van der Waals surface area contributed by atoms with Gasteiger partial charge in [-0.2, -0.15) is 18.4 Å². The van der Waals surface area contributed by atoms with Crippen molar-refractivity contribution in [2.75, 3.05) is 0 Å². The summed E-state index contributed by atoms with van der Waals surface area (Å²) in [6.07, 6.45) is -2.79. The first-order valence-electron chi connectivity index (χ1n) is 9.02. The normalized spacial score (nSPS) is 13.2. The lowest BCUT2D eigenvalue weighted by Crippen LogP contribution is -2.29. The monoisotopic (exact) mass is 412 g/mol. The Bertz CT molecular complexity index is 1150. The van der Waals surface area contributed by atoms with Crippen LogP contribution in [0.25, 0.3) is 11.1 Å². The second-order valence-corrected chi connectivity index (χ2v) is 6.90. The molecule has 3 aromatic rings. The van der Waals surface area contributed by atoms with E-state index in [1.165, 1.54) is 17.2 Å². The molecule has 1 aliphatic rings. The Morgan fingerprint density at radius 1 is 1.17 bits per heavy atom. The van der Waals surface area contributed by atoms with E-state index in [1.54, 1.807) is 29.2 Å².